The molecule has 0 unspecified atom stereocenters. The quantitative estimate of drug-likeness (QED) is 0.281. The number of carbonyl (C=O) groups excluding carboxylic acids is 1. The molecular weight excluding hydrogens is 260 g/mol. The maximum Gasteiger partial charge on any atom is 0.343 e. The van der Waals surface area contributed by atoms with Crippen molar-refractivity contribution in [3.63, 3.8) is 0 Å². The number of hydrogen-bond donors (Lipinski definition) is 3. The van der Waals surface area contributed by atoms with Crippen LogP contribution in [-0.2, 0) is 12.8 Å². The van der Waals surface area contributed by atoms with Crippen molar-refractivity contribution >= 4 is 17.7 Å². The fourth-order valence-electron chi connectivity index (χ4n) is 1.16. The summed E-state index contributed by atoms with van der Waals surface area (Å²) in [4.78, 5) is 22.2. The number of nitrogens with one attached hydrogen (secondary N) is 2. The van der Waals surface area contributed by atoms with Crippen molar-refractivity contribution < 1.29 is 9.32 Å². The lowest BCUT2D eigenvalue weighted by molar-refractivity contribution is 0.0944. The summed E-state index contributed by atoms with van der Waals surface area (Å²) in [6.07, 6.45) is 0. The molecule has 0 aliphatic rings. The molecule has 0 saturated carbocycles. The molecule has 0 aromatic carbocycles. The maximum atomic E-state index is 11.1. The number of rotatable bonds is 4. The smallest absolute Gasteiger partial charge is 0.343 e. The average molecular weight is 270 g/mol. The fourth-order valence-corrected chi connectivity index (χ4v) is 1.95. The summed E-state index contributed by atoms with van der Waals surface area (Å²) in [5, 5.41) is 10.2. The summed E-state index contributed by atoms with van der Waals surface area (Å²) in [5.41, 5.74) is 1.76. The van der Waals surface area contributed by atoms with Gasteiger partial charge in [0.25, 0.3) is 5.91 Å². The van der Waals surface area contributed by atoms with Gasteiger partial charge in [-0.15, -0.1) is 5.10 Å². The van der Waals surface area contributed by atoms with Gasteiger partial charge in [0.05, 0.1) is 5.75 Å². The van der Waals surface area contributed by atoms with Crippen LogP contribution in [0.1, 0.15) is 16.2 Å². The molecule has 0 radical (unpaired) electrons. The molecule has 0 fully saturated rings. The summed E-state index contributed by atoms with van der Waals surface area (Å²) >= 11 is 1.28. The Balaban J connectivity index is 2.02. The lowest BCUT2D eigenvalue weighted by Gasteiger charge is -1.95. The first-order valence-corrected chi connectivity index (χ1v) is 5.81. The van der Waals surface area contributed by atoms with Gasteiger partial charge in [0.2, 0.25) is 0 Å². The third kappa shape index (κ3) is 2.43. The predicted molar refractivity (Wildman–Crippen MR) is 61.5 cm³/mol. The Morgan fingerprint density at radius 1 is 1.72 bits per heavy atom. The number of hydrazine groups is 1. The third-order valence-electron chi connectivity index (χ3n) is 2.10. The van der Waals surface area contributed by atoms with Gasteiger partial charge in [-0.3, -0.25) is 14.8 Å². The molecule has 10 heteroatoms. The number of aromatic amines is 1. The van der Waals surface area contributed by atoms with Crippen LogP contribution in [0.4, 0.5) is 0 Å². The monoisotopic (exact) mass is 270 g/mol. The first-order valence-electron chi connectivity index (χ1n) is 4.82. The molecule has 0 aliphatic carbocycles. The molecule has 0 spiro atoms. The Kier molecular flexibility index (Phi) is 3.48. The van der Waals surface area contributed by atoms with Crippen LogP contribution in [0.25, 0.3) is 0 Å². The van der Waals surface area contributed by atoms with Crippen molar-refractivity contribution in [3.8, 4) is 0 Å². The summed E-state index contributed by atoms with van der Waals surface area (Å²) in [5.74, 6) is 5.31. The molecule has 1 amide bonds. The van der Waals surface area contributed by atoms with Gasteiger partial charge in [-0.1, -0.05) is 16.9 Å². The molecule has 2 aromatic heterocycles. The molecule has 18 heavy (non-hydrogen) atoms. The molecule has 9 nitrogen and oxygen atoms in total. The van der Waals surface area contributed by atoms with Gasteiger partial charge < -0.3 is 4.52 Å². The highest BCUT2D eigenvalue weighted by Gasteiger charge is 2.12. The van der Waals surface area contributed by atoms with Gasteiger partial charge in [0.15, 0.2) is 10.9 Å². The van der Waals surface area contributed by atoms with E-state index in [4.69, 9.17) is 10.4 Å². The molecule has 2 aromatic rings. The zero-order chi connectivity index (χ0) is 13.1. The molecule has 2 rings (SSSR count). The molecular formula is C8H10N6O3S. The van der Waals surface area contributed by atoms with E-state index in [1.165, 1.54) is 22.4 Å². The van der Waals surface area contributed by atoms with E-state index < -0.39 is 5.91 Å². The Labute approximate surface area is 105 Å². The fraction of sp³-hybridized carbons (Fsp3) is 0.250. The van der Waals surface area contributed by atoms with E-state index in [1.54, 1.807) is 7.05 Å². The normalized spacial score (nSPS) is 10.6. The summed E-state index contributed by atoms with van der Waals surface area (Å²) in [6.45, 7) is 0. The zero-order valence-electron chi connectivity index (χ0n) is 9.34. The zero-order valence-corrected chi connectivity index (χ0v) is 10.2. The molecule has 0 atom stereocenters. The number of thioether (sulfide) groups is 1. The highest BCUT2D eigenvalue weighted by molar-refractivity contribution is 7.98. The van der Waals surface area contributed by atoms with Crippen molar-refractivity contribution in [2.24, 2.45) is 12.9 Å². The SMILES string of the molecule is Cn1c(SCc2cc(C(=O)NN)no2)n[nH]c1=O. The van der Waals surface area contributed by atoms with Crippen LogP contribution >= 0.6 is 11.8 Å². The van der Waals surface area contributed by atoms with E-state index in [0.717, 1.165) is 0 Å². The average Bonchev–Trinajstić information content (AvgIpc) is 2.96. The predicted octanol–water partition coefficient (Wildman–Crippen LogP) is -1.01. The van der Waals surface area contributed by atoms with Gasteiger partial charge in [-0.2, -0.15) is 0 Å². The highest BCUT2D eigenvalue weighted by atomic mass is 32.2. The number of amides is 1. The molecule has 0 bridgehead atoms. The number of nitrogens with two attached hydrogens (primary N) is 1. The van der Waals surface area contributed by atoms with Crippen LogP contribution < -0.4 is 17.0 Å². The summed E-state index contributed by atoms with van der Waals surface area (Å²) in [6, 6.07) is 1.47. The van der Waals surface area contributed by atoms with E-state index in [1.807, 2.05) is 5.43 Å². The van der Waals surface area contributed by atoms with Crippen LogP contribution in [0.5, 0.6) is 0 Å². The van der Waals surface area contributed by atoms with E-state index in [9.17, 15) is 9.59 Å². The van der Waals surface area contributed by atoms with Gasteiger partial charge in [0.1, 0.15) is 5.76 Å². The summed E-state index contributed by atoms with van der Waals surface area (Å²) < 4.78 is 6.31. The minimum atomic E-state index is -0.526. The van der Waals surface area contributed by atoms with Crippen molar-refractivity contribution in [2.45, 2.75) is 10.9 Å². The molecule has 2 heterocycles. The summed E-state index contributed by atoms with van der Waals surface area (Å²) in [7, 11) is 1.60. The van der Waals surface area contributed by atoms with Crippen molar-refractivity contribution in [1.29, 1.82) is 0 Å². The minimum Gasteiger partial charge on any atom is -0.360 e. The lowest BCUT2D eigenvalue weighted by Crippen LogP contribution is -2.30. The standard InChI is InChI=1S/C8H10N6O3S/c1-14-7(16)11-12-8(14)18-3-4-2-5(13-17-4)6(15)10-9/h2H,3,9H2,1H3,(H,10,15)(H,11,16). The van der Waals surface area contributed by atoms with E-state index in [2.05, 4.69) is 15.4 Å². The van der Waals surface area contributed by atoms with Crippen LogP contribution in [-0.4, -0.2) is 25.8 Å². The van der Waals surface area contributed by atoms with E-state index in [0.29, 0.717) is 16.7 Å². The van der Waals surface area contributed by atoms with Crippen LogP contribution in [0.3, 0.4) is 0 Å². The van der Waals surface area contributed by atoms with Gasteiger partial charge in [-0.05, 0) is 0 Å². The molecule has 0 saturated heterocycles. The number of nitrogen functional groups attached to an aromatic ring is 1. The van der Waals surface area contributed by atoms with Gasteiger partial charge in [0, 0.05) is 13.1 Å². The van der Waals surface area contributed by atoms with Crippen molar-refractivity contribution in [1.82, 2.24) is 25.3 Å². The minimum absolute atomic E-state index is 0.101. The number of aromatic nitrogens is 4. The van der Waals surface area contributed by atoms with Gasteiger partial charge >= 0.3 is 5.69 Å². The second-order valence-corrected chi connectivity index (χ2v) is 4.25. The molecule has 0 aliphatic heterocycles. The Morgan fingerprint density at radius 2 is 2.50 bits per heavy atom. The second kappa shape index (κ2) is 5.06. The first kappa shape index (κ1) is 12.4. The second-order valence-electron chi connectivity index (χ2n) is 3.31. The van der Waals surface area contributed by atoms with Crippen LogP contribution in [0, 0.1) is 0 Å². The highest BCUT2D eigenvalue weighted by Crippen LogP contribution is 2.19. The number of nitrogens with zero attached hydrogens (tertiary/aromatic N) is 3. The molecule has 4 N–H and O–H groups in total. The van der Waals surface area contributed by atoms with Crippen LogP contribution in [0.2, 0.25) is 0 Å². The Bertz CT molecular complexity index is 614. The Morgan fingerprint density at radius 3 is 3.11 bits per heavy atom. The topological polar surface area (TPSA) is 132 Å². The largest absolute Gasteiger partial charge is 0.360 e. The number of H-pyrrole nitrogens is 1. The lowest BCUT2D eigenvalue weighted by atomic mass is 10.4. The molecule has 96 valence electrons. The number of hydrogen-bond acceptors (Lipinski definition) is 7. The van der Waals surface area contributed by atoms with E-state index >= 15 is 0 Å². The third-order valence-corrected chi connectivity index (χ3v) is 3.16. The Hall–Kier alpha value is -2.07. The number of carbonyl (C=O) groups is 1. The maximum absolute atomic E-state index is 11.1. The van der Waals surface area contributed by atoms with Crippen molar-refractivity contribution in [3.05, 3.63) is 28.0 Å². The van der Waals surface area contributed by atoms with Crippen molar-refractivity contribution in [2.75, 3.05) is 0 Å². The first-order chi connectivity index (χ1) is 8.61. The van der Waals surface area contributed by atoms with Gasteiger partial charge in [-0.25, -0.2) is 15.7 Å². The van der Waals surface area contributed by atoms with E-state index in [-0.39, 0.29) is 11.4 Å². The van der Waals surface area contributed by atoms with Crippen LogP contribution in [0.15, 0.2) is 20.5 Å².